The summed E-state index contributed by atoms with van der Waals surface area (Å²) >= 11 is 0. The van der Waals surface area contributed by atoms with Crippen LogP contribution in [0.2, 0.25) is 0 Å². The zero-order chi connectivity index (χ0) is 32.7. The fraction of sp³-hybridized carbons (Fsp3) is 0.323. The molecule has 11 nitrogen and oxygen atoms in total. The SMILES string of the molecule is C[C@H](NC(=O)c1c(-c2ccnn2-c2ccc(C#N)cc2)n(C)n(-c2cccc(C(F)(F)F)c2)c1=O)C(=O)N1CC[N+](C)(C)CC1. The van der Waals surface area contributed by atoms with Crippen molar-refractivity contribution in [3.05, 3.63) is 87.8 Å². The lowest BCUT2D eigenvalue weighted by Gasteiger charge is -2.39. The summed E-state index contributed by atoms with van der Waals surface area (Å²) in [6, 6.07) is 13.3. The van der Waals surface area contributed by atoms with Gasteiger partial charge >= 0.3 is 6.18 Å². The maximum absolute atomic E-state index is 14.0. The third-order valence-electron chi connectivity index (χ3n) is 8.02. The molecule has 45 heavy (non-hydrogen) atoms. The van der Waals surface area contributed by atoms with Gasteiger partial charge in [0.05, 0.1) is 80.7 Å². The molecule has 5 rings (SSSR count). The van der Waals surface area contributed by atoms with Gasteiger partial charge in [-0.1, -0.05) is 6.07 Å². The lowest BCUT2D eigenvalue weighted by Crippen LogP contribution is -2.59. The Bertz CT molecular complexity index is 1850. The maximum atomic E-state index is 14.0. The van der Waals surface area contributed by atoms with E-state index in [0.29, 0.717) is 24.3 Å². The average molecular weight is 622 g/mol. The van der Waals surface area contributed by atoms with Crippen LogP contribution in [0.4, 0.5) is 13.2 Å². The van der Waals surface area contributed by atoms with E-state index in [9.17, 15) is 32.8 Å². The fourth-order valence-electron chi connectivity index (χ4n) is 5.40. The average Bonchev–Trinajstić information content (AvgIpc) is 3.58. The van der Waals surface area contributed by atoms with Crippen LogP contribution in [0.3, 0.4) is 0 Å². The van der Waals surface area contributed by atoms with Gasteiger partial charge in [-0.2, -0.15) is 23.5 Å². The zero-order valence-corrected chi connectivity index (χ0v) is 25.2. The Morgan fingerprint density at radius 1 is 1.04 bits per heavy atom. The molecule has 2 aromatic carbocycles. The molecule has 2 amide bonds. The number of piperazine rings is 1. The summed E-state index contributed by atoms with van der Waals surface area (Å²) < 4.78 is 45.3. The van der Waals surface area contributed by atoms with Gasteiger partial charge in [0.2, 0.25) is 5.91 Å². The molecule has 4 aromatic rings. The predicted octanol–water partition coefficient (Wildman–Crippen LogP) is 2.96. The van der Waals surface area contributed by atoms with E-state index in [1.54, 1.807) is 35.2 Å². The highest BCUT2D eigenvalue weighted by Crippen LogP contribution is 2.31. The van der Waals surface area contributed by atoms with Crippen LogP contribution < -0.4 is 10.9 Å². The van der Waals surface area contributed by atoms with Gasteiger partial charge in [-0.05, 0) is 55.5 Å². The van der Waals surface area contributed by atoms with Crippen molar-refractivity contribution in [2.75, 3.05) is 40.3 Å². The van der Waals surface area contributed by atoms with Crippen LogP contribution in [-0.4, -0.2) is 86.7 Å². The van der Waals surface area contributed by atoms with Crippen molar-refractivity contribution in [1.29, 1.82) is 5.26 Å². The van der Waals surface area contributed by atoms with E-state index in [4.69, 9.17) is 0 Å². The summed E-state index contributed by atoms with van der Waals surface area (Å²) in [4.78, 5) is 42.8. The smallest absolute Gasteiger partial charge is 0.340 e. The Hall–Kier alpha value is -5.16. The van der Waals surface area contributed by atoms with Gasteiger partial charge < -0.3 is 14.7 Å². The minimum absolute atomic E-state index is 0.0634. The highest BCUT2D eigenvalue weighted by molar-refractivity contribution is 6.02. The van der Waals surface area contributed by atoms with Gasteiger partial charge in [0.25, 0.3) is 11.5 Å². The van der Waals surface area contributed by atoms with E-state index in [0.717, 1.165) is 34.4 Å². The molecule has 3 heterocycles. The number of aromatic nitrogens is 4. The molecule has 1 aliphatic rings. The van der Waals surface area contributed by atoms with E-state index in [1.165, 1.54) is 41.7 Å². The van der Waals surface area contributed by atoms with Gasteiger partial charge in [-0.3, -0.25) is 19.1 Å². The van der Waals surface area contributed by atoms with Gasteiger partial charge in [0.1, 0.15) is 17.3 Å². The number of rotatable bonds is 6. The summed E-state index contributed by atoms with van der Waals surface area (Å²) in [5.41, 5.74) is -1.07. The van der Waals surface area contributed by atoms with Crippen LogP contribution in [-0.2, 0) is 18.0 Å². The van der Waals surface area contributed by atoms with Crippen molar-refractivity contribution in [1.82, 2.24) is 29.4 Å². The summed E-state index contributed by atoms with van der Waals surface area (Å²) in [7, 11) is 5.59. The molecule has 0 bridgehead atoms. The van der Waals surface area contributed by atoms with Gasteiger partial charge in [0, 0.05) is 7.05 Å². The standard InChI is InChI=1S/C31H31F3N8O3/c1-20(29(44)39-14-16-42(3,4)17-15-39)37-28(43)26-27(25-12-13-36-40(25)23-10-8-21(19-35)9-11-23)38(2)41(30(26)45)24-7-5-6-22(18-24)31(32,33)34/h5-13,18,20H,14-17H2,1-4H3/p+1/t20-/m0/s1. The molecule has 0 unspecified atom stereocenters. The van der Waals surface area contributed by atoms with Crippen LogP contribution in [0.15, 0.2) is 65.6 Å². The number of alkyl halides is 3. The highest BCUT2D eigenvalue weighted by atomic mass is 19.4. The Kier molecular flexibility index (Phi) is 8.15. The number of halogens is 3. The number of nitrogens with zero attached hydrogens (tertiary/aromatic N) is 7. The van der Waals surface area contributed by atoms with Crippen LogP contribution in [0, 0.1) is 11.3 Å². The number of nitrogens with one attached hydrogen (secondary N) is 1. The second kappa shape index (κ2) is 11.7. The molecule has 0 aliphatic carbocycles. The Morgan fingerprint density at radius 2 is 1.71 bits per heavy atom. The molecular formula is C31H32F3N8O3+. The monoisotopic (exact) mass is 621 g/mol. The molecule has 1 aliphatic heterocycles. The molecule has 1 atom stereocenters. The summed E-state index contributed by atoms with van der Waals surface area (Å²) in [6.07, 6.45) is -3.22. The van der Waals surface area contributed by atoms with E-state index in [2.05, 4.69) is 24.5 Å². The molecule has 1 saturated heterocycles. The van der Waals surface area contributed by atoms with Crippen molar-refractivity contribution >= 4 is 11.8 Å². The van der Waals surface area contributed by atoms with Crippen molar-refractivity contribution in [3.63, 3.8) is 0 Å². The summed E-state index contributed by atoms with van der Waals surface area (Å²) in [5, 5.41) is 16.2. The van der Waals surface area contributed by atoms with E-state index >= 15 is 0 Å². The fourth-order valence-corrected chi connectivity index (χ4v) is 5.40. The topological polar surface area (TPSA) is 118 Å². The normalized spacial score (nSPS) is 15.4. The van der Waals surface area contributed by atoms with Crippen molar-refractivity contribution in [3.8, 4) is 28.8 Å². The minimum Gasteiger partial charge on any atom is -0.340 e. The zero-order valence-electron chi connectivity index (χ0n) is 25.2. The van der Waals surface area contributed by atoms with E-state index in [-0.39, 0.29) is 28.5 Å². The quantitative estimate of drug-likeness (QED) is 0.333. The van der Waals surface area contributed by atoms with Crippen molar-refractivity contribution in [2.24, 2.45) is 7.05 Å². The van der Waals surface area contributed by atoms with Crippen LogP contribution in [0.1, 0.15) is 28.4 Å². The molecule has 0 radical (unpaired) electrons. The minimum atomic E-state index is -4.67. The number of carbonyl (C=O) groups is 2. The van der Waals surface area contributed by atoms with E-state index in [1.807, 2.05) is 6.07 Å². The first-order valence-corrected chi connectivity index (χ1v) is 14.2. The lowest BCUT2D eigenvalue weighted by atomic mass is 10.1. The first kappa shape index (κ1) is 31.3. The molecule has 2 aromatic heterocycles. The maximum Gasteiger partial charge on any atom is 0.416 e. The van der Waals surface area contributed by atoms with Crippen molar-refractivity contribution < 1.29 is 27.2 Å². The second-order valence-electron chi connectivity index (χ2n) is 11.6. The second-order valence-corrected chi connectivity index (χ2v) is 11.6. The van der Waals surface area contributed by atoms with Crippen LogP contribution in [0.5, 0.6) is 0 Å². The highest BCUT2D eigenvalue weighted by Gasteiger charge is 2.34. The van der Waals surface area contributed by atoms with Crippen LogP contribution >= 0.6 is 0 Å². The number of benzene rings is 2. The molecular weight excluding hydrogens is 589 g/mol. The molecule has 0 spiro atoms. The third-order valence-corrected chi connectivity index (χ3v) is 8.02. The van der Waals surface area contributed by atoms with Crippen molar-refractivity contribution in [2.45, 2.75) is 19.1 Å². The number of hydrogen-bond donors (Lipinski definition) is 1. The largest absolute Gasteiger partial charge is 0.416 e. The summed E-state index contributed by atoms with van der Waals surface area (Å²) in [6.45, 7) is 4.04. The van der Waals surface area contributed by atoms with Gasteiger partial charge in [-0.25, -0.2) is 9.36 Å². The Morgan fingerprint density at radius 3 is 2.33 bits per heavy atom. The molecule has 1 fully saturated rings. The Balaban J connectivity index is 1.60. The number of amides is 2. The number of hydrogen-bond acceptors (Lipinski definition) is 5. The van der Waals surface area contributed by atoms with Crippen LogP contribution in [0.25, 0.3) is 22.8 Å². The summed E-state index contributed by atoms with van der Waals surface area (Å²) in [5.74, 6) is -1.17. The Labute approximate surface area is 256 Å². The first-order chi connectivity index (χ1) is 21.2. The number of quaternary nitrogens is 1. The molecule has 0 saturated carbocycles. The number of nitriles is 1. The molecule has 234 valence electrons. The molecule has 1 N–H and O–H groups in total. The molecule has 14 heteroatoms. The first-order valence-electron chi connectivity index (χ1n) is 14.2. The van der Waals surface area contributed by atoms with Gasteiger partial charge in [0.15, 0.2) is 0 Å². The lowest BCUT2D eigenvalue weighted by molar-refractivity contribution is -0.894. The number of carbonyl (C=O) groups excluding carboxylic acids is 2. The number of likely N-dealkylation sites (N-methyl/N-ethyl adjacent to an activating group) is 1. The predicted molar refractivity (Wildman–Crippen MR) is 159 cm³/mol. The van der Waals surface area contributed by atoms with E-state index < -0.39 is 29.2 Å². The third kappa shape index (κ3) is 6.12. The van der Waals surface area contributed by atoms with Gasteiger partial charge in [-0.15, -0.1) is 0 Å².